The van der Waals surface area contributed by atoms with Gasteiger partial charge < -0.3 is 18.9 Å². The van der Waals surface area contributed by atoms with Crippen LogP contribution in [0.1, 0.15) is 20.3 Å². The van der Waals surface area contributed by atoms with Crippen molar-refractivity contribution in [2.75, 3.05) is 25.7 Å². The van der Waals surface area contributed by atoms with Gasteiger partial charge in [-0.1, -0.05) is 23.2 Å². The minimum absolute atomic E-state index is 0.00898. The Balaban J connectivity index is 2.18. The van der Waals surface area contributed by atoms with Crippen LogP contribution in [0.5, 0.6) is 11.5 Å². The zero-order valence-electron chi connectivity index (χ0n) is 18.4. The average molecular weight is 554 g/mol. The molecule has 0 unspecified atom stereocenters. The summed E-state index contributed by atoms with van der Waals surface area (Å²) in [5.74, 6) is -0.192. The lowest BCUT2D eigenvalue weighted by Gasteiger charge is -2.19. The molecule has 0 radical (unpaired) electrons. The van der Waals surface area contributed by atoms with Crippen LogP contribution in [-0.4, -0.2) is 52.2 Å². The Morgan fingerprint density at radius 3 is 2.06 bits per heavy atom. The summed E-state index contributed by atoms with van der Waals surface area (Å²) in [4.78, 5) is 22.2. The second-order valence-corrected chi connectivity index (χ2v) is 10.1. The Kier molecular flexibility index (Phi) is 10.8. The van der Waals surface area contributed by atoms with Gasteiger partial charge in [0.25, 0.3) is 0 Å². The van der Waals surface area contributed by atoms with Crippen molar-refractivity contribution in [2.24, 2.45) is 0 Å². The second-order valence-electron chi connectivity index (χ2n) is 6.93. The Morgan fingerprint density at radius 1 is 0.912 bits per heavy atom. The molecule has 0 spiro atoms. The molecule has 0 aliphatic rings. The van der Waals surface area contributed by atoms with Crippen molar-refractivity contribution in [1.29, 1.82) is 0 Å². The summed E-state index contributed by atoms with van der Waals surface area (Å²) in [6.45, 7) is 2.35. The van der Waals surface area contributed by atoms with E-state index < -0.39 is 27.9 Å². The number of hydrogen-bond acceptors (Lipinski definition) is 8. The number of carbonyl (C=O) groups is 2. The lowest BCUT2D eigenvalue weighted by atomic mass is 10.3. The molecular formula is C22H23Cl3O8S. The highest BCUT2D eigenvalue weighted by atomic mass is 35.5. The van der Waals surface area contributed by atoms with Gasteiger partial charge in [0, 0.05) is 19.7 Å². The number of halogens is 3. The van der Waals surface area contributed by atoms with Crippen LogP contribution >= 0.6 is 34.8 Å². The van der Waals surface area contributed by atoms with Gasteiger partial charge in [0.05, 0.1) is 26.4 Å². The fourth-order valence-corrected chi connectivity index (χ4v) is 4.81. The van der Waals surface area contributed by atoms with Crippen LogP contribution in [0.2, 0.25) is 10.0 Å². The van der Waals surface area contributed by atoms with E-state index in [9.17, 15) is 18.0 Å². The first-order valence-electron chi connectivity index (χ1n) is 10.0. The van der Waals surface area contributed by atoms with E-state index in [1.807, 2.05) is 0 Å². The molecule has 186 valence electrons. The minimum atomic E-state index is -3.94. The third-order valence-electron chi connectivity index (χ3n) is 4.18. The molecule has 0 aliphatic carbocycles. The highest BCUT2D eigenvalue weighted by Crippen LogP contribution is 2.37. The van der Waals surface area contributed by atoms with E-state index in [2.05, 4.69) is 0 Å². The van der Waals surface area contributed by atoms with Crippen LogP contribution in [0.15, 0.2) is 46.2 Å². The normalized spacial score (nSPS) is 12.0. The Bertz CT molecular complexity index is 1080. The predicted molar refractivity (Wildman–Crippen MR) is 127 cm³/mol. The topological polar surface area (TPSA) is 105 Å². The molecule has 2 aromatic rings. The molecule has 2 aromatic carbocycles. The van der Waals surface area contributed by atoms with Crippen molar-refractivity contribution in [3.8, 4) is 11.5 Å². The average Bonchev–Trinajstić information content (AvgIpc) is 2.76. The third kappa shape index (κ3) is 8.23. The number of esters is 2. The summed E-state index contributed by atoms with van der Waals surface area (Å²) in [6, 6.07) is 8.32. The maximum absolute atomic E-state index is 13.0. The summed E-state index contributed by atoms with van der Waals surface area (Å²) >= 11 is 18.1. The number of alkyl halides is 1. The molecule has 8 nitrogen and oxygen atoms in total. The van der Waals surface area contributed by atoms with Crippen molar-refractivity contribution in [2.45, 2.75) is 36.2 Å². The number of hydrogen-bond donors (Lipinski definition) is 0. The molecule has 0 N–H and O–H groups in total. The van der Waals surface area contributed by atoms with Gasteiger partial charge in [-0.25, -0.2) is 8.42 Å². The molecule has 1 atom stereocenters. The Morgan fingerprint density at radius 2 is 1.53 bits per heavy atom. The molecule has 0 amide bonds. The molecule has 0 heterocycles. The van der Waals surface area contributed by atoms with Crippen molar-refractivity contribution >= 4 is 56.6 Å². The van der Waals surface area contributed by atoms with E-state index in [4.69, 9.17) is 53.8 Å². The van der Waals surface area contributed by atoms with E-state index in [1.165, 1.54) is 38.1 Å². The summed E-state index contributed by atoms with van der Waals surface area (Å²) in [6.07, 6.45) is -0.250. The minimum Gasteiger partial charge on any atom is -0.494 e. The van der Waals surface area contributed by atoms with Crippen LogP contribution in [0, 0.1) is 0 Å². The van der Waals surface area contributed by atoms with Gasteiger partial charge in [0.2, 0.25) is 9.84 Å². The van der Waals surface area contributed by atoms with Crippen LogP contribution in [0.25, 0.3) is 0 Å². The molecule has 0 saturated carbocycles. The summed E-state index contributed by atoms with van der Waals surface area (Å²) in [5.41, 5.74) is 0. The number of rotatable bonds is 12. The molecule has 0 fully saturated rings. The molecule has 0 aliphatic heterocycles. The van der Waals surface area contributed by atoms with Crippen LogP contribution in [-0.2, 0) is 28.9 Å². The Labute approximate surface area is 212 Å². The van der Waals surface area contributed by atoms with Crippen molar-refractivity contribution in [3.05, 3.63) is 46.4 Å². The zero-order valence-corrected chi connectivity index (χ0v) is 21.5. The highest BCUT2D eigenvalue weighted by Gasteiger charge is 2.23. The molecule has 0 bridgehead atoms. The van der Waals surface area contributed by atoms with Crippen LogP contribution < -0.4 is 9.47 Å². The quantitative estimate of drug-likeness (QED) is 0.211. The first kappa shape index (κ1) is 28.0. The Hall–Kier alpha value is -2.20. The molecule has 0 aromatic heterocycles. The van der Waals surface area contributed by atoms with Gasteiger partial charge in [-0.3, -0.25) is 9.59 Å². The van der Waals surface area contributed by atoms with Crippen molar-refractivity contribution in [1.82, 2.24) is 0 Å². The molecule has 12 heteroatoms. The van der Waals surface area contributed by atoms with Gasteiger partial charge >= 0.3 is 11.9 Å². The van der Waals surface area contributed by atoms with E-state index in [-0.39, 0.29) is 38.8 Å². The SMILES string of the molecule is CC(=O)OC[C@H](COc1c(Cl)cc(S(=O)(=O)c2ccc(OCCCCl)cc2)cc1Cl)OC(C)=O. The standard InChI is InChI=1S/C22H23Cl3O8S/c1-14(26)31-12-17(33-15(2)27)13-32-22-20(24)10-19(11-21(22)25)34(28,29)18-6-4-16(5-7-18)30-9-3-8-23/h4-7,10-11,17H,3,8-9,12-13H2,1-2H3/t17-/m1/s1. The second kappa shape index (κ2) is 13.0. The molecule has 0 saturated heterocycles. The maximum atomic E-state index is 13.0. The smallest absolute Gasteiger partial charge is 0.303 e. The zero-order chi connectivity index (χ0) is 25.3. The fourth-order valence-electron chi connectivity index (χ4n) is 2.66. The highest BCUT2D eigenvalue weighted by molar-refractivity contribution is 7.91. The summed E-state index contributed by atoms with van der Waals surface area (Å²) in [7, 11) is -3.94. The lowest BCUT2D eigenvalue weighted by Crippen LogP contribution is -2.30. The van der Waals surface area contributed by atoms with Crippen molar-refractivity contribution in [3.63, 3.8) is 0 Å². The van der Waals surface area contributed by atoms with E-state index in [0.29, 0.717) is 24.7 Å². The van der Waals surface area contributed by atoms with Crippen LogP contribution in [0.3, 0.4) is 0 Å². The monoisotopic (exact) mass is 552 g/mol. The number of benzene rings is 2. The van der Waals surface area contributed by atoms with Gasteiger partial charge in [-0.15, -0.1) is 11.6 Å². The molecule has 34 heavy (non-hydrogen) atoms. The summed E-state index contributed by atoms with van der Waals surface area (Å²) < 4.78 is 47.0. The fraction of sp³-hybridized carbons (Fsp3) is 0.364. The molecular weight excluding hydrogens is 531 g/mol. The first-order valence-corrected chi connectivity index (χ1v) is 12.8. The van der Waals surface area contributed by atoms with Crippen LogP contribution in [0.4, 0.5) is 0 Å². The first-order chi connectivity index (χ1) is 16.0. The van der Waals surface area contributed by atoms with Gasteiger partial charge in [-0.05, 0) is 42.8 Å². The number of sulfone groups is 1. The number of ether oxygens (including phenoxy) is 4. The number of carbonyl (C=O) groups excluding carboxylic acids is 2. The predicted octanol–water partition coefficient (Wildman–Crippen LogP) is 4.71. The maximum Gasteiger partial charge on any atom is 0.303 e. The van der Waals surface area contributed by atoms with E-state index in [0.717, 1.165) is 0 Å². The summed E-state index contributed by atoms with van der Waals surface area (Å²) in [5, 5.41) is -0.137. The van der Waals surface area contributed by atoms with E-state index >= 15 is 0 Å². The van der Waals surface area contributed by atoms with Gasteiger partial charge in [0.1, 0.15) is 19.0 Å². The largest absolute Gasteiger partial charge is 0.494 e. The lowest BCUT2D eigenvalue weighted by molar-refractivity contribution is -0.158. The van der Waals surface area contributed by atoms with E-state index in [1.54, 1.807) is 12.1 Å². The van der Waals surface area contributed by atoms with Gasteiger partial charge in [0.15, 0.2) is 11.9 Å². The van der Waals surface area contributed by atoms with Gasteiger partial charge in [-0.2, -0.15) is 0 Å². The van der Waals surface area contributed by atoms with Crippen molar-refractivity contribution < 1.29 is 37.0 Å². The third-order valence-corrected chi connectivity index (χ3v) is 6.76. The molecule has 2 rings (SSSR count).